The predicted molar refractivity (Wildman–Crippen MR) is 79.3 cm³/mol. The van der Waals surface area contributed by atoms with Crippen LogP contribution >= 0.6 is 0 Å². The number of hydrogen-bond donors (Lipinski definition) is 2. The van der Waals surface area contributed by atoms with Crippen LogP contribution in [0.4, 0.5) is 5.69 Å². The van der Waals surface area contributed by atoms with Crippen LogP contribution in [0.15, 0.2) is 30.3 Å². The third-order valence-corrected chi connectivity index (χ3v) is 6.15. The maximum absolute atomic E-state index is 12.4. The van der Waals surface area contributed by atoms with Crippen molar-refractivity contribution in [2.24, 2.45) is 0 Å². The molecule has 1 aromatic carbocycles. The largest absolute Gasteiger partial charge is 0.325 e. The number of hydrogen-bond acceptors (Lipinski definition) is 4. The molecule has 1 aliphatic heterocycles. The van der Waals surface area contributed by atoms with Crippen molar-refractivity contribution in [1.82, 2.24) is 5.32 Å². The third-order valence-electron chi connectivity index (χ3n) is 3.62. The highest BCUT2D eigenvalue weighted by atomic mass is 32.2. The number of benzene rings is 1. The van der Waals surface area contributed by atoms with E-state index >= 15 is 0 Å². The molecule has 0 aromatic heterocycles. The van der Waals surface area contributed by atoms with Crippen molar-refractivity contribution >= 4 is 21.4 Å². The van der Waals surface area contributed by atoms with E-state index in [4.69, 9.17) is 0 Å². The average Bonchev–Trinajstić information content (AvgIpc) is 2.48. The fourth-order valence-corrected chi connectivity index (χ4v) is 4.08. The maximum atomic E-state index is 12.4. The second-order valence-corrected chi connectivity index (χ2v) is 7.61. The molecule has 6 heteroatoms. The van der Waals surface area contributed by atoms with E-state index in [1.165, 1.54) is 6.92 Å². The van der Waals surface area contributed by atoms with Crippen molar-refractivity contribution in [3.63, 3.8) is 0 Å². The van der Waals surface area contributed by atoms with Crippen LogP contribution in [-0.2, 0) is 14.6 Å². The number of carbonyl (C=O) groups is 1. The van der Waals surface area contributed by atoms with E-state index in [1.54, 1.807) is 24.3 Å². The van der Waals surface area contributed by atoms with Gasteiger partial charge in [0, 0.05) is 12.2 Å². The molecule has 1 heterocycles. The van der Waals surface area contributed by atoms with Gasteiger partial charge in [-0.25, -0.2) is 8.42 Å². The van der Waals surface area contributed by atoms with Gasteiger partial charge in [-0.1, -0.05) is 18.2 Å². The summed E-state index contributed by atoms with van der Waals surface area (Å²) in [6.07, 6.45) is 1.45. The summed E-state index contributed by atoms with van der Waals surface area (Å²) in [6.45, 7) is 2.74. The molecule has 0 radical (unpaired) electrons. The number of sulfone groups is 1. The number of carbonyl (C=O) groups excluding carboxylic acids is 1. The first kappa shape index (κ1) is 15.0. The van der Waals surface area contributed by atoms with Gasteiger partial charge in [0.25, 0.3) is 0 Å². The summed E-state index contributed by atoms with van der Waals surface area (Å²) in [5.74, 6) is -0.471. The van der Waals surface area contributed by atoms with Crippen LogP contribution < -0.4 is 10.6 Å². The van der Waals surface area contributed by atoms with Crippen LogP contribution in [0.2, 0.25) is 0 Å². The minimum absolute atomic E-state index is 0.436. The lowest BCUT2D eigenvalue weighted by atomic mass is 10.2. The maximum Gasteiger partial charge on any atom is 0.242 e. The monoisotopic (exact) mass is 296 g/mol. The average molecular weight is 296 g/mol. The first-order valence-corrected chi connectivity index (χ1v) is 8.42. The van der Waals surface area contributed by atoms with Crippen molar-refractivity contribution in [1.29, 1.82) is 0 Å². The summed E-state index contributed by atoms with van der Waals surface area (Å²) < 4.78 is 24.8. The topological polar surface area (TPSA) is 75.3 Å². The van der Waals surface area contributed by atoms with E-state index in [0.717, 1.165) is 13.0 Å². The normalized spacial score (nSPS) is 21.1. The molecule has 1 aliphatic rings. The molecule has 2 rings (SSSR count). The van der Waals surface area contributed by atoms with Crippen molar-refractivity contribution in [3.05, 3.63) is 30.3 Å². The molecule has 2 atom stereocenters. The summed E-state index contributed by atoms with van der Waals surface area (Å²) in [5.41, 5.74) is 0.612. The van der Waals surface area contributed by atoms with Gasteiger partial charge in [-0.05, 0) is 38.4 Å². The zero-order valence-corrected chi connectivity index (χ0v) is 12.3. The third kappa shape index (κ3) is 3.37. The number of piperidine rings is 1. The smallest absolute Gasteiger partial charge is 0.242 e. The molecule has 2 N–H and O–H groups in total. The summed E-state index contributed by atoms with van der Waals surface area (Å²) in [4.78, 5) is 12.1. The Morgan fingerprint density at radius 1 is 1.35 bits per heavy atom. The summed E-state index contributed by atoms with van der Waals surface area (Å²) in [6, 6.07) is 8.89. The fraction of sp³-hybridized carbons (Fsp3) is 0.500. The van der Waals surface area contributed by atoms with Gasteiger partial charge >= 0.3 is 0 Å². The SMILES string of the molecule is CC(C(=O)Nc1ccccc1)S(=O)(=O)C1CCCNC1. The zero-order chi connectivity index (χ0) is 14.6. The number of amides is 1. The second kappa shape index (κ2) is 6.37. The zero-order valence-electron chi connectivity index (χ0n) is 11.5. The Balaban J connectivity index is 2.05. The molecule has 0 spiro atoms. The van der Waals surface area contributed by atoms with Crippen LogP contribution in [0, 0.1) is 0 Å². The first-order valence-electron chi connectivity index (χ1n) is 6.81. The van der Waals surface area contributed by atoms with Gasteiger partial charge in [0.1, 0.15) is 5.25 Å². The fourth-order valence-electron chi connectivity index (χ4n) is 2.30. The quantitative estimate of drug-likeness (QED) is 0.875. The molecular formula is C14H20N2O3S. The molecule has 0 bridgehead atoms. The molecule has 1 aromatic rings. The molecule has 1 fully saturated rings. The number of nitrogens with one attached hydrogen (secondary N) is 2. The van der Waals surface area contributed by atoms with Crippen LogP contribution in [0.25, 0.3) is 0 Å². The highest BCUT2D eigenvalue weighted by Crippen LogP contribution is 2.18. The van der Waals surface area contributed by atoms with E-state index in [9.17, 15) is 13.2 Å². The molecule has 110 valence electrons. The standard InChI is InChI=1S/C14H20N2O3S/c1-11(14(17)16-12-6-3-2-4-7-12)20(18,19)13-8-5-9-15-10-13/h2-4,6-7,11,13,15H,5,8-10H2,1H3,(H,16,17). The van der Waals surface area contributed by atoms with Gasteiger partial charge in [0.2, 0.25) is 5.91 Å². The predicted octanol–water partition coefficient (Wildman–Crippen LogP) is 1.18. The lowest BCUT2D eigenvalue weighted by Crippen LogP contribution is -2.45. The lowest BCUT2D eigenvalue weighted by molar-refractivity contribution is -0.115. The van der Waals surface area contributed by atoms with Crippen molar-refractivity contribution in [2.75, 3.05) is 18.4 Å². The van der Waals surface area contributed by atoms with E-state index < -0.39 is 26.2 Å². The van der Waals surface area contributed by atoms with E-state index in [2.05, 4.69) is 10.6 Å². The molecule has 2 unspecified atom stereocenters. The Hall–Kier alpha value is -1.40. The number of anilines is 1. The molecule has 20 heavy (non-hydrogen) atoms. The van der Waals surface area contributed by atoms with Crippen LogP contribution in [0.5, 0.6) is 0 Å². The van der Waals surface area contributed by atoms with Gasteiger partial charge < -0.3 is 10.6 Å². The van der Waals surface area contributed by atoms with Crippen LogP contribution in [-0.4, -0.2) is 37.9 Å². The minimum atomic E-state index is -3.46. The van der Waals surface area contributed by atoms with Gasteiger partial charge in [0.05, 0.1) is 5.25 Å². The minimum Gasteiger partial charge on any atom is -0.325 e. The Morgan fingerprint density at radius 2 is 2.05 bits per heavy atom. The van der Waals surface area contributed by atoms with Crippen molar-refractivity contribution in [3.8, 4) is 0 Å². The second-order valence-electron chi connectivity index (χ2n) is 5.05. The van der Waals surface area contributed by atoms with E-state index in [0.29, 0.717) is 18.7 Å². The van der Waals surface area contributed by atoms with Gasteiger partial charge in [-0.3, -0.25) is 4.79 Å². The molecular weight excluding hydrogens is 276 g/mol. The van der Waals surface area contributed by atoms with E-state index in [-0.39, 0.29) is 0 Å². The lowest BCUT2D eigenvalue weighted by Gasteiger charge is -2.25. The van der Waals surface area contributed by atoms with Crippen molar-refractivity contribution in [2.45, 2.75) is 30.3 Å². The Kier molecular flexibility index (Phi) is 4.77. The first-order chi connectivity index (χ1) is 9.51. The molecule has 0 aliphatic carbocycles. The summed E-state index contributed by atoms with van der Waals surface area (Å²) >= 11 is 0. The summed E-state index contributed by atoms with van der Waals surface area (Å²) in [7, 11) is -3.46. The Labute approximate surface area is 119 Å². The molecule has 1 saturated heterocycles. The van der Waals surface area contributed by atoms with Gasteiger partial charge in [-0.2, -0.15) is 0 Å². The highest BCUT2D eigenvalue weighted by Gasteiger charge is 2.36. The number of para-hydroxylation sites is 1. The van der Waals surface area contributed by atoms with E-state index in [1.807, 2.05) is 6.07 Å². The van der Waals surface area contributed by atoms with Crippen LogP contribution in [0.3, 0.4) is 0 Å². The number of rotatable bonds is 4. The van der Waals surface area contributed by atoms with Gasteiger partial charge in [-0.15, -0.1) is 0 Å². The summed E-state index contributed by atoms with van der Waals surface area (Å²) in [5, 5.41) is 4.22. The molecule has 5 nitrogen and oxygen atoms in total. The Morgan fingerprint density at radius 3 is 2.65 bits per heavy atom. The van der Waals surface area contributed by atoms with Crippen molar-refractivity contribution < 1.29 is 13.2 Å². The molecule has 0 saturated carbocycles. The molecule has 1 amide bonds. The van der Waals surface area contributed by atoms with Gasteiger partial charge in [0.15, 0.2) is 9.84 Å². The Bertz CT molecular complexity index is 551. The van der Waals surface area contributed by atoms with Crippen LogP contribution in [0.1, 0.15) is 19.8 Å². The highest BCUT2D eigenvalue weighted by molar-refractivity contribution is 7.93.